The number of carbonyl (C=O) groups is 2. The van der Waals surface area contributed by atoms with E-state index in [1.807, 2.05) is 33.1 Å². The van der Waals surface area contributed by atoms with Gasteiger partial charge in [-0.1, -0.05) is 20.8 Å². The summed E-state index contributed by atoms with van der Waals surface area (Å²) in [5, 5.41) is 5.61. The van der Waals surface area contributed by atoms with Crippen molar-refractivity contribution in [3.8, 4) is 0 Å². The zero-order chi connectivity index (χ0) is 14.9. The maximum Gasteiger partial charge on any atom is 0.246 e. The number of hydrogen-bond acceptors (Lipinski definition) is 4. The Morgan fingerprint density at radius 3 is 2.70 bits per heavy atom. The van der Waals surface area contributed by atoms with Gasteiger partial charge in [0.2, 0.25) is 11.8 Å². The lowest BCUT2D eigenvalue weighted by Crippen LogP contribution is -2.69. The van der Waals surface area contributed by atoms with E-state index >= 15 is 0 Å². The average Bonchev–Trinajstić information content (AvgIpc) is 2.91. The predicted molar refractivity (Wildman–Crippen MR) is 78.1 cm³/mol. The summed E-state index contributed by atoms with van der Waals surface area (Å²) in [7, 11) is 0. The molecule has 2 heterocycles. The highest BCUT2D eigenvalue weighted by Gasteiger charge is 2.49. The van der Waals surface area contributed by atoms with Crippen LogP contribution in [0.1, 0.15) is 39.1 Å². The Kier molecular flexibility index (Phi) is 4.13. The minimum absolute atomic E-state index is 0.0147. The SMILES string of the molecule is CCC1(C)C(=O)NC(C(C)C)C(=O)N1Cc1nccs1. The molecule has 1 fully saturated rings. The molecule has 2 atom stereocenters. The Morgan fingerprint density at radius 2 is 2.20 bits per heavy atom. The molecule has 0 aliphatic carbocycles. The van der Waals surface area contributed by atoms with Gasteiger partial charge in [-0.3, -0.25) is 9.59 Å². The van der Waals surface area contributed by atoms with Crippen LogP contribution in [0.15, 0.2) is 11.6 Å². The summed E-state index contributed by atoms with van der Waals surface area (Å²) in [4.78, 5) is 31.0. The summed E-state index contributed by atoms with van der Waals surface area (Å²) in [5.74, 6) is -0.0133. The molecule has 1 aliphatic rings. The number of rotatable bonds is 4. The molecule has 2 amide bonds. The van der Waals surface area contributed by atoms with E-state index in [1.165, 1.54) is 11.3 Å². The van der Waals surface area contributed by atoms with Gasteiger partial charge in [-0.25, -0.2) is 4.98 Å². The van der Waals surface area contributed by atoms with Gasteiger partial charge < -0.3 is 10.2 Å². The number of amides is 2. The smallest absolute Gasteiger partial charge is 0.246 e. The molecule has 1 aromatic heterocycles. The first-order chi connectivity index (χ1) is 9.40. The molecule has 1 aromatic rings. The molecule has 110 valence electrons. The van der Waals surface area contributed by atoms with Crippen molar-refractivity contribution >= 4 is 23.2 Å². The summed E-state index contributed by atoms with van der Waals surface area (Å²) < 4.78 is 0. The van der Waals surface area contributed by atoms with E-state index in [9.17, 15) is 9.59 Å². The summed E-state index contributed by atoms with van der Waals surface area (Å²) >= 11 is 1.50. The molecule has 1 aliphatic heterocycles. The molecule has 0 radical (unpaired) electrons. The van der Waals surface area contributed by atoms with Crippen LogP contribution in [0.4, 0.5) is 0 Å². The zero-order valence-corrected chi connectivity index (χ0v) is 13.2. The highest BCUT2D eigenvalue weighted by atomic mass is 32.1. The molecular weight excluding hydrogens is 274 g/mol. The van der Waals surface area contributed by atoms with Gasteiger partial charge in [0.25, 0.3) is 0 Å². The second-order valence-electron chi connectivity index (χ2n) is 5.67. The van der Waals surface area contributed by atoms with Crippen molar-refractivity contribution < 1.29 is 9.59 Å². The van der Waals surface area contributed by atoms with Crippen molar-refractivity contribution in [2.75, 3.05) is 0 Å². The highest BCUT2D eigenvalue weighted by molar-refractivity contribution is 7.09. The molecule has 20 heavy (non-hydrogen) atoms. The van der Waals surface area contributed by atoms with Crippen molar-refractivity contribution in [3.63, 3.8) is 0 Å². The molecule has 2 unspecified atom stereocenters. The maximum absolute atomic E-state index is 12.7. The molecular formula is C14H21N3O2S. The second kappa shape index (κ2) is 5.52. The van der Waals surface area contributed by atoms with Crippen molar-refractivity contribution in [1.29, 1.82) is 0 Å². The number of aromatic nitrogens is 1. The Morgan fingerprint density at radius 1 is 1.50 bits per heavy atom. The molecule has 0 bridgehead atoms. The van der Waals surface area contributed by atoms with Crippen LogP contribution < -0.4 is 5.32 Å². The van der Waals surface area contributed by atoms with Gasteiger partial charge in [-0.2, -0.15) is 0 Å². The Labute approximate surface area is 123 Å². The number of nitrogens with one attached hydrogen (secondary N) is 1. The second-order valence-corrected chi connectivity index (χ2v) is 6.65. The van der Waals surface area contributed by atoms with Crippen LogP contribution in [0.5, 0.6) is 0 Å². The van der Waals surface area contributed by atoms with Gasteiger partial charge in [0.05, 0.1) is 6.54 Å². The van der Waals surface area contributed by atoms with Gasteiger partial charge in [-0.05, 0) is 19.3 Å². The third-order valence-corrected chi connectivity index (χ3v) is 4.80. The lowest BCUT2D eigenvalue weighted by atomic mass is 9.88. The van der Waals surface area contributed by atoms with Crippen molar-refractivity contribution in [2.24, 2.45) is 5.92 Å². The first-order valence-corrected chi connectivity index (χ1v) is 7.79. The van der Waals surface area contributed by atoms with Crippen LogP contribution in [-0.4, -0.2) is 33.3 Å². The molecule has 0 spiro atoms. The summed E-state index contributed by atoms with van der Waals surface area (Å²) in [6, 6.07) is -0.443. The first-order valence-electron chi connectivity index (χ1n) is 6.91. The van der Waals surface area contributed by atoms with Gasteiger partial charge in [0.1, 0.15) is 16.6 Å². The van der Waals surface area contributed by atoms with E-state index in [-0.39, 0.29) is 17.7 Å². The maximum atomic E-state index is 12.7. The van der Waals surface area contributed by atoms with Crippen LogP contribution in [0.3, 0.4) is 0 Å². The van der Waals surface area contributed by atoms with E-state index in [4.69, 9.17) is 0 Å². The van der Waals surface area contributed by atoms with Gasteiger partial charge in [0, 0.05) is 11.6 Å². The van der Waals surface area contributed by atoms with Crippen LogP contribution >= 0.6 is 11.3 Å². The Bertz CT molecular complexity index is 501. The Balaban J connectivity index is 2.34. The third kappa shape index (κ3) is 2.44. The van der Waals surface area contributed by atoms with E-state index in [2.05, 4.69) is 10.3 Å². The normalized spacial score (nSPS) is 27.1. The zero-order valence-electron chi connectivity index (χ0n) is 12.3. The molecule has 5 nitrogen and oxygen atoms in total. The van der Waals surface area contributed by atoms with Crippen LogP contribution in [0, 0.1) is 5.92 Å². The standard InChI is InChI=1S/C14H21N3O2S/c1-5-14(4)13(19)16-11(9(2)3)12(18)17(14)8-10-15-6-7-20-10/h6-7,9,11H,5,8H2,1-4H3,(H,16,19). The molecule has 1 saturated heterocycles. The molecule has 0 aromatic carbocycles. The number of hydrogen-bond donors (Lipinski definition) is 1. The summed E-state index contributed by atoms with van der Waals surface area (Å²) in [6.45, 7) is 8.04. The van der Waals surface area contributed by atoms with E-state index in [0.29, 0.717) is 13.0 Å². The number of nitrogens with zero attached hydrogens (tertiary/aromatic N) is 2. The van der Waals surface area contributed by atoms with Crippen LogP contribution in [0.25, 0.3) is 0 Å². The predicted octanol–water partition coefficient (Wildman–Crippen LogP) is 1.79. The quantitative estimate of drug-likeness (QED) is 0.921. The number of piperazine rings is 1. The van der Waals surface area contributed by atoms with E-state index in [1.54, 1.807) is 11.1 Å². The molecule has 1 N–H and O–H groups in total. The van der Waals surface area contributed by atoms with Gasteiger partial charge >= 0.3 is 0 Å². The minimum atomic E-state index is -0.797. The monoisotopic (exact) mass is 295 g/mol. The van der Waals surface area contributed by atoms with E-state index < -0.39 is 11.6 Å². The van der Waals surface area contributed by atoms with Crippen LogP contribution in [0.2, 0.25) is 0 Å². The fourth-order valence-corrected chi connectivity index (χ4v) is 3.02. The van der Waals surface area contributed by atoms with Gasteiger partial charge in [-0.15, -0.1) is 11.3 Å². The first kappa shape index (κ1) is 15.0. The summed E-state index contributed by atoms with van der Waals surface area (Å²) in [5.41, 5.74) is -0.797. The molecule has 6 heteroatoms. The molecule has 2 rings (SSSR count). The lowest BCUT2D eigenvalue weighted by molar-refractivity contribution is -0.158. The Hall–Kier alpha value is -1.43. The average molecular weight is 295 g/mol. The summed E-state index contributed by atoms with van der Waals surface area (Å²) in [6.07, 6.45) is 2.30. The minimum Gasteiger partial charge on any atom is -0.342 e. The largest absolute Gasteiger partial charge is 0.342 e. The van der Waals surface area contributed by atoms with Crippen LogP contribution in [-0.2, 0) is 16.1 Å². The third-order valence-electron chi connectivity index (χ3n) is 4.04. The fourth-order valence-electron chi connectivity index (χ4n) is 2.41. The van der Waals surface area contributed by atoms with Crippen molar-refractivity contribution in [2.45, 2.75) is 52.2 Å². The van der Waals surface area contributed by atoms with E-state index in [0.717, 1.165) is 5.01 Å². The number of carbonyl (C=O) groups excluding carboxylic acids is 2. The lowest BCUT2D eigenvalue weighted by Gasteiger charge is -2.46. The van der Waals surface area contributed by atoms with Crippen molar-refractivity contribution in [3.05, 3.63) is 16.6 Å². The topological polar surface area (TPSA) is 62.3 Å². The number of thiazole rings is 1. The fraction of sp³-hybridized carbons (Fsp3) is 0.643. The molecule has 0 saturated carbocycles. The van der Waals surface area contributed by atoms with Gasteiger partial charge in [0.15, 0.2) is 0 Å². The highest BCUT2D eigenvalue weighted by Crippen LogP contribution is 2.29. The van der Waals surface area contributed by atoms with Crippen molar-refractivity contribution in [1.82, 2.24) is 15.2 Å².